The van der Waals surface area contributed by atoms with Crippen molar-refractivity contribution in [2.24, 2.45) is 14.1 Å². The van der Waals surface area contributed by atoms with Crippen molar-refractivity contribution in [2.45, 2.75) is 168 Å². The van der Waals surface area contributed by atoms with Crippen LogP contribution in [-0.2, 0) is 102 Å². The number of ether oxygens (including phenoxy) is 10. The maximum absolute atomic E-state index is 13.0. The number of hydrogen-bond acceptors (Lipinski definition) is 31. The summed E-state index contributed by atoms with van der Waals surface area (Å²) in [6.07, 6.45) is 3.31. The van der Waals surface area contributed by atoms with Crippen molar-refractivity contribution in [3.8, 4) is 24.7 Å². The summed E-state index contributed by atoms with van der Waals surface area (Å²) in [6.45, 7) is 18.4. The van der Waals surface area contributed by atoms with Gasteiger partial charge in [0.1, 0.15) is 50.7 Å². The van der Waals surface area contributed by atoms with Crippen molar-refractivity contribution in [3.63, 3.8) is 0 Å². The number of phosphoric acid groups is 2. The molecule has 0 aliphatic carbocycles. The molecule has 10 atom stereocenters. The highest BCUT2D eigenvalue weighted by molar-refractivity contribution is 7.46. The number of phosphoric ester groups is 2. The second-order valence-electron chi connectivity index (χ2n) is 24.4. The molecule has 6 aromatic heterocycles. The van der Waals surface area contributed by atoms with E-state index in [0.29, 0.717) is 11.4 Å². The third-order valence-electron chi connectivity index (χ3n) is 12.1. The molecule has 0 spiro atoms. The molecule has 94 heavy (non-hydrogen) atoms. The molecule has 8 heterocycles. The molecule has 8 rings (SSSR count). The summed E-state index contributed by atoms with van der Waals surface area (Å²) in [4.78, 5) is 102. The van der Waals surface area contributed by atoms with Gasteiger partial charge in [0.15, 0.2) is 84.6 Å². The molecule has 2 aliphatic heterocycles. The van der Waals surface area contributed by atoms with Crippen LogP contribution in [0, 0.1) is 24.7 Å². The van der Waals surface area contributed by atoms with Crippen LogP contribution in [0.4, 0.5) is 30.8 Å². The Morgan fingerprint density at radius 1 is 0.649 bits per heavy atom. The number of carbonyl (C=O) groups excluding carboxylic acids is 4. The Kier molecular flexibility index (Phi) is 23.6. The van der Waals surface area contributed by atoms with Crippen LogP contribution in [0.5, 0.6) is 0 Å². The Balaban J connectivity index is 0.000000266. The molecule has 512 valence electrons. The predicted molar refractivity (Wildman–Crippen MR) is 315 cm³/mol. The first-order valence-corrected chi connectivity index (χ1v) is 31.3. The SMILES string of the molecule is C#CCOC(=O)O[C@H]1C(OP(=O)([O-])OC(C)(C)C)[C@@H](COC(C)(C)C)O[C@H]1n1cnc2c(NC(=O)OCc3c[n+](C)[nH]n3)ncnc21.C#CCOC(=O)O[C@H]1C(OP(=O)([O-])OC(C)(C)C)[C@@H](COC(C)(C)C)O[C@H]1n1cnc2c(NC(=O)OCc3cnnn3C)ncnc21. The molecule has 0 bridgehead atoms. The molecule has 6 aromatic rings. The topological polar surface area (TPSA) is 452 Å². The van der Waals surface area contributed by atoms with Gasteiger partial charge in [-0.3, -0.25) is 28.9 Å². The Morgan fingerprint density at radius 3 is 1.46 bits per heavy atom. The number of carbonyl (C=O) groups is 4. The molecule has 0 saturated carbocycles. The largest absolute Gasteiger partial charge is 0.756 e. The predicted octanol–water partition coefficient (Wildman–Crippen LogP) is 3.90. The van der Waals surface area contributed by atoms with Crippen LogP contribution in [0.25, 0.3) is 22.3 Å². The van der Waals surface area contributed by atoms with Crippen molar-refractivity contribution in [2.75, 3.05) is 37.1 Å². The van der Waals surface area contributed by atoms with Crippen molar-refractivity contribution >= 4 is 74.1 Å². The third kappa shape index (κ3) is 21.1. The van der Waals surface area contributed by atoms with Crippen molar-refractivity contribution in [3.05, 3.63) is 49.1 Å². The highest BCUT2D eigenvalue weighted by Crippen LogP contribution is 2.51. The van der Waals surface area contributed by atoms with Crippen molar-refractivity contribution in [1.82, 2.24) is 64.3 Å². The third-order valence-corrected chi connectivity index (χ3v) is 14.7. The van der Waals surface area contributed by atoms with Crippen LogP contribution in [0.3, 0.4) is 0 Å². The summed E-state index contributed by atoms with van der Waals surface area (Å²) in [7, 11) is -6.71. The maximum atomic E-state index is 13.0. The lowest BCUT2D eigenvalue weighted by molar-refractivity contribution is -0.730. The Bertz CT molecular complexity index is 3800. The quantitative estimate of drug-likeness (QED) is 0.0285. The number of aromatic amines is 1. The number of fused-ring (bicyclic) bond motifs is 2. The van der Waals surface area contributed by atoms with E-state index in [-0.39, 0.29) is 60.4 Å². The lowest BCUT2D eigenvalue weighted by atomic mass is 10.1. The summed E-state index contributed by atoms with van der Waals surface area (Å²) in [6, 6.07) is 0. The lowest BCUT2D eigenvalue weighted by Crippen LogP contribution is -2.41. The number of aryl methyl sites for hydroxylation is 2. The molecule has 2 amide bonds. The number of H-pyrrole nitrogens is 1. The maximum Gasteiger partial charge on any atom is 0.509 e. The average molecular weight is 1360 g/mol. The summed E-state index contributed by atoms with van der Waals surface area (Å²) in [5, 5.41) is 19.1. The first-order chi connectivity index (χ1) is 43.9. The second-order valence-corrected chi connectivity index (χ2v) is 26.9. The molecule has 2 saturated heterocycles. The lowest BCUT2D eigenvalue weighted by Gasteiger charge is -2.35. The number of aromatic nitrogens is 14. The standard InChI is InChI=1S/2C27H37N8O11P/c1-9-10-40-25(37)44-20-19(45-47(38,39)46-27(5,6)7)17(13-42-26(2,3)4)43-23(20)35-15-30-18-21(28-14-29-22(18)35)31-24(36)41-12-16-11-34(8)33-32-16;1-9-10-40-25(37)44-20-19(45-47(38,39)46-27(5,6)7)17(13-42-26(2,3)4)43-23(20)35-15-30-18-21(28-14-29-22(18)35)32-24(36)41-12-16-11-31-33-34(16)8/h1,11,14-15,17,19-20,23H,10,12-13H2,2-8H3,(H2,28,29,31,36,38,39);1,11,14-15,17,19-20,23H,10,12-13H2,2-8H3,(H,38,39)(H,28,29,32,36)/p-1/t2*17-,19?,20+,23-/m11/s1. The number of hydrogen-bond donors (Lipinski definition) is 3. The smallest absolute Gasteiger partial charge is 0.509 e. The minimum atomic E-state index is -5.04. The summed E-state index contributed by atoms with van der Waals surface area (Å²) in [5.74, 6) is 4.25. The van der Waals surface area contributed by atoms with Gasteiger partial charge in [0.25, 0.3) is 21.3 Å². The van der Waals surface area contributed by atoms with Crippen LogP contribution in [-0.4, -0.2) is 174 Å². The summed E-state index contributed by atoms with van der Waals surface area (Å²) in [5.41, 5.74) is -2.20. The highest BCUT2D eigenvalue weighted by atomic mass is 31.2. The van der Waals surface area contributed by atoms with Gasteiger partial charge < -0.3 is 75.3 Å². The first kappa shape index (κ1) is 73.1. The van der Waals surface area contributed by atoms with Crippen molar-refractivity contribution in [1.29, 1.82) is 0 Å². The molecule has 0 radical (unpaired) electrons. The van der Waals surface area contributed by atoms with Gasteiger partial charge in [0.05, 0.1) is 60.2 Å². The van der Waals surface area contributed by atoms with E-state index in [9.17, 15) is 38.1 Å². The number of nitrogens with one attached hydrogen (secondary N) is 3. The molecule has 40 heteroatoms. The first-order valence-electron chi connectivity index (χ1n) is 28.4. The minimum Gasteiger partial charge on any atom is -0.756 e. The van der Waals surface area contributed by atoms with E-state index in [4.69, 9.17) is 78.3 Å². The van der Waals surface area contributed by atoms with E-state index in [1.54, 1.807) is 66.5 Å². The van der Waals surface area contributed by atoms with E-state index in [2.05, 4.69) is 73.0 Å². The molecule has 38 nitrogen and oxygen atoms in total. The molecule has 2 fully saturated rings. The zero-order valence-electron chi connectivity index (χ0n) is 53.7. The average Bonchev–Trinajstić information content (AvgIpc) is 1.61. The minimum absolute atomic E-state index is 0.0155. The fourth-order valence-corrected chi connectivity index (χ4v) is 11.1. The second kappa shape index (κ2) is 30.4. The Labute approximate surface area is 537 Å². The van der Waals surface area contributed by atoms with Gasteiger partial charge >= 0.3 is 24.5 Å². The van der Waals surface area contributed by atoms with E-state index >= 15 is 0 Å². The van der Waals surface area contributed by atoms with E-state index in [1.807, 2.05) is 0 Å². The number of nitrogens with zero attached hydrogens (tertiary/aromatic N) is 13. The van der Waals surface area contributed by atoms with Crippen LogP contribution in [0.1, 0.15) is 107 Å². The molecule has 0 aromatic carbocycles. The van der Waals surface area contributed by atoms with Crippen molar-refractivity contribution < 1.29 is 108 Å². The monoisotopic (exact) mass is 1360 g/mol. The zero-order valence-corrected chi connectivity index (χ0v) is 55.5. The van der Waals surface area contributed by atoms with Gasteiger partial charge in [0, 0.05) is 12.1 Å². The summed E-state index contributed by atoms with van der Waals surface area (Å²) < 4.78 is 109. The summed E-state index contributed by atoms with van der Waals surface area (Å²) >= 11 is 0. The van der Waals surface area contributed by atoms with Gasteiger partial charge in [-0.05, 0) is 83.1 Å². The molecule has 3 N–H and O–H groups in total. The molecular formula is C54H73N16O22P2-. The fourth-order valence-electron chi connectivity index (χ4n) is 8.54. The molecule has 4 unspecified atom stereocenters. The number of amides is 2. The van der Waals surface area contributed by atoms with E-state index < -0.39 is 125 Å². The number of terminal acetylenes is 2. The van der Waals surface area contributed by atoms with Gasteiger partial charge in [-0.2, -0.15) is 4.68 Å². The van der Waals surface area contributed by atoms with Crippen LogP contribution >= 0.6 is 15.6 Å². The zero-order chi connectivity index (χ0) is 69.1. The molecule has 2 aliphatic rings. The molecular weight excluding hydrogens is 1290 g/mol. The Morgan fingerprint density at radius 2 is 1.09 bits per heavy atom. The van der Waals surface area contributed by atoms with Crippen LogP contribution in [0.15, 0.2) is 37.7 Å². The van der Waals surface area contributed by atoms with E-state index in [0.717, 1.165) is 12.7 Å². The highest BCUT2D eigenvalue weighted by Gasteiger charge is 2.54. The Hall–Kier alpha value is -8.36. The van der Waals surface area contributed by atoms with Gasteiger partial charge in [-0.15, -0.1) is 17.9 Å². The van der Waals surface area contributed by atoms with E-state index in [1.165, 1.54) is 74.2 Å². The fraction of sp³-hybridized carbons (Fsp3) is 0.593. The van der Waals surface area contributed by atoms with Gasteiger partial charge in [-0.1, -0.05) is 22.3 Å². The number of rotatable bonds is 22. The number of anilines is 2. The van der Waals surface area contributed by atoms with Crippen LogP contribution in [0.2, 0.25) is 0 Å². The number of imidazole rings is 2. The van der Waals surface area contributed by atoms with Gasteiger partial charge in [0.2, 0.25) is 0 Å². The van der Waals surface area contributed by atoms with Crippen LogP contribution < -0.4 is 25.1 Å². The van der Waals surface area contributed by atoms with Gasteiger partial charge in [-0.25, -0.2) is 53.8 Å². The normalized spacial score (nSPS) is 21.2.